The zero-order valence-corrected chi connectivity index (χ0v) is 15.4. The van der Waals surface area contributed by atoms with Gasteiger partial charge in [0.25, 0.3) is 5.91 Å². The number of nitrogens with one attached hydrogen (secondary N) is 2. The van der Waals surface area contributed by atoms with E-state index >= 15 is 0 Å². The minimum Gasteiger partial charge on any atom is -0.325 e. The van der Waals surface area contributed by atoms with E-state index in [0.717, 1.165) is 10.0 Å². The highest BCUT2D eigenvalue weighted by Gasteiger charge is 2.12. The Labute approximate surface area is 158 Å². The fourth-order valence-corrected chi connectivity index (χ4v) is 2.66. The topological polar surface area (TPSA) is 84.0 Å². The zero-order valence-electron chi connectivity index (χ0n) is 13.9. The molecule has 0 atom stereocenters. The van der Waals surface area contributed by atoms with Crippen LogP contribution < -0.4 is 10.6 Å². The molecule has 1 heterocycles. The van der Waals surface area contributed by atoms with Crippen LogP contribution in [0.25, 0.3) is 11.4 Å². The quantitative estimate of drug-likeness (QED) is 0.677. The fraction of sp³-hybridized carbons (Fsp3) is 0.0526. The second-order valence-electron chi connectivity index (χ2n) is 5.49. The van der Waals surface area contributed by atoms with Crippen LogP contribution in [0, 0.1) is 0 Å². The summed E-state index contributed by atoms with van der Waals surface area (Å²) >= 11 is 3.36. The summed E-state index contributed by atoms with van der Waals surface area (Å²) in [6.45, 7) is 1.41. The third-order valence-electron chi connectivity index (χ3n) is 3.49. The van der Waals surface area contributed by atoms with E-state index in [2.05, 4.69) is 36.5 Å². The lowest BCUT2D eigenvalue weighted by molar-refractivity contribution is -0.114. The lowest BCUT2D eigenvalue weighted by atomic mass is 10.2. The number of hydrogen-bond acceptors (Lipinski definition) is 4. The van der Waals surface area contributed by atoms with Crippen molar-refractivity contribution in [2.45, 2.75) is 6.92 Å². The Hall–Kier alpha value is -3.06. The van der Waals surface area contributed by atoms with Gasteiger partial charge in [0.15, 0.2) is 5.82 Å². The van der Waals surface area contributed by atoms with Crippen LogP contribution in [0.3, 0.4) is 0 Å². The highest BCUT2D eigenvalue weighted by Crippen LogP contribution is 2.26. The van der Waals surface area contributed by atoms with E-state index in [9.17, 15) is 9.59 Å². The molecule has 3 aromatic rings. The molecular weight excluding hydrogens is 396 g/mol. The number of carbonyl (C=O) groups excluding carboxylic acids is 2. The monoisotopic (exact) mass is 410 g/mol. The molecule has 0 unspecified atom stereocenters. The molecule has 0 saturated carbocycles. The van der Waals surface area contributed by atoms with Gasteiger partial charge < -0.3 is 10.6 Å². The Balaban J connectivity index is 1.80. The lowest BCUT2D eigenvalue weighted by Crippen LogP contribution is -2.15. The molecule has 0 spiro atoms. The number of nitrogens with zero attached hydrogens (tertiary/aromatic N) is 2. The van der Waals surface area contributed by atoms with Gasteiger partial charge >= 0.3 is 0 Å². The fourth-order valence-electron chi connectivity index (χ4n) is 2.29. The van der Waals surface area contributed by atoms with Crippen molar-refractivity contribution >= 4 is 39.1 Å². The van der Waals surface area contributed by atoms with Crippen LogP contribution in [-0.2, 0) is 4.79 Å². The molecule has 0 fully saturated rings. The van der Waals surface area contributed by atoms with Crippen molar-refractivity contribution in [2.24, 2.45) is 0 Å². The first-order chi connectivity index (χ1) is 12.5. The third kappa shape index (κ3) is 4.31. The highest BCUT2D eigenvalue weighted by molar-refractivity contribution is 9.10. The molecule has 3 rings (SSSR count). The van der Waals surface area contributed by atoms with Gasteiger partial charge in [-0.1, -0.05) is 46.3 Å². The van der Waals surface area contributed by atoms with Crippen molar-refractivity contribution in [1.29, 1.82) is 0 Å². The van der Waals surface area contributed by atoms with Crippen LogP contribution >= 0.6 is 15.9 Å². The molecule has 0 bridgehead atoms. The van der Waals surface area contributed by atoms with E-state index < -0.39 is 0 Å². The van der Waals surface area contributed by atoms with Gasteiger partial charge in [0, 0.05) is 29.4 Å². The summed E-state index contributed by atoms with van der Waals surface area (Å²) in [5.41, 5.74) is 2.18. The van der Waals surface area contributed by atoms with Crippen molar-refractivity contribution in [3.8, 4) is 11.4 Å². The van der Waals surface area contributed by atoms with Gasteiger partial charge in [0.1, 0.15) is 0 Å². The average molecular weight is 411 g/mol. The highest BCUT2D eigenvalue weighted by atomic mass is 79.9. The third-order valence-corrected chi connectivity index (χ3v) is 3.98. The van der Waals surface area contributed by atoms with Crippen LogP contribution in [0.15, 0.2) is 65.4 Å². The van der Waals surface area contributed by atoms with E-state index in [0.29, 0.717) is 22.8 Å². The van der Waals surface area contributed by atoms with Gasteiger partial charge in [-0.25, -0.2) is 9.97 Å². The summed E-state index contributed by atoms with van der Waals surface area (Å²) < 4.78 is 0.776. The summed E-state index contributed by atoms with van der Waals surface area (Å²) in [4.78, 5) is 32.3. The molecule has 0 aliphatic heterocycles. The maximum atomic E-state index is 12.5. The van der Waals surface area contributed by atoms with E-state index in [1.54, 1.807) is 18.2 Å². The first-order valence-corrected chi connectivity index (χ1v) is 8.58. The minimum absolute atomic E-state index is 0.224. The van der Waals surface area contributed by atoms with Crippen LogP contribution in [0.2, 0.25) is 0 Å². The van der Waals surface area contributed by atoms with Crippen LogP contribution in [-0.4, -0.2) is 21.8 Å². The number of aromatic nitrogens is 2. The Kier molecular flexibility index (Phi) is 5.38. The maximum Gasteiger partial charge on any atom is 0.258 e. The molecule has 7 heteroatoms. The summed E-state index contributed by atoms with van der Waals surface area (Å²) in [6, 6.07) is 14.7. The second-order valence-corrected chi connectivity index (χ2v) is 6.40. The molecule has 0 aliphatic carbocycles. The minimum atomic E-state index is -0.366. The predicted octanol–water partition coefficient (Wildman–Crippen LogP) is 4.12. The van der Waals surface area contributed by atoms with Gasteiger partial charge in [-0.3, -0.25) is 9.59 Å². The van der Waals surface area contributed by atoms with Crippen LogP contribution in [0.1, 0.15) is 17.3 Å². The van der Waals surface area contributed by atoms with Gasteiger partial charge in [-0.15, -0.1) is 0 Å². The predicted molar refractivity (Wildman–Crippen MR) is 104 cm³/mol. The SMILES string of the molecule is CC(=O)Nc1ccc(Br)cc1NC(=O)c1cnc(-c2ccccc2)nc1. The largest absolute Gasteiger partial charge is 0.325 e. The van der Waals surface area contributed by atoms with Crippen molar-refractivity contribution in [2.75, 3.05) is 10.6 Å². The Bertz CT molecular complexity index is 944. The molecule has 6 nitrogen and oxygen atoms in total. The molecule has 2 N–H and O–H groups in total. The first-order valence-electron chi connectivity index (χ1n) is 7.79. The molecule has 0 saturated heterocycles. The van der Waals surface area contributed by atoms with Gasteiger partial charge in [-0.2, -0.15) is 0 Å². The maximum absolute atomic E-state index is 12.5. The van der Waals surface area contributed by atoms with Crippen molar-refractivity contribution < 1.29 is 9.59 Å². The molecule has 2 amide bonds. The summed E-state index contributed by atoms with van der Waals surface area (Å²) in [5, 5.41) is 5.45. The van der Waals surface area contributed by atoms with Crippen molar-refractivity contribution in [3.05, 3.63) is 71.0 Å². The number of carbonyl (C=O) groups is 2. The average Bonchev–Trinajstić information content (AvgIpc) is 2.64. The van der Waals surface area contributed by atoms with E-state index in [1.165, 1.54) is 19.3 Å². The molecule has 26 heavy (non-hydrogen) atoms. The molecule has 130 valence electrons. The second kappa shape index (κ2) is 7.88. The smallest absolute Gasteiger partial charge is 0.258 e. The van der Waals surface area contributed by atoms with E-state index in [1.807, 2.05) is 30.3 Å². The molecule has 2 aromatic carbocycles. The van der Waals surface area contributed by atoms with Crippen molar-refractivity contribution in [1.82, 2.24) is 9.97 Å². The Morgan fingerprint density at radius 3 is 2.27 bits per heavy atom. The summed E-state index contributed by atoms with van der Waals surface area (Å²) in [5.74, 6) is -0.0452. The summed E-state index contributed by atoms with van der Waals surface area (Å²) in [7, 11) is 0. The van der Waals surface area contributed by atoms with E-state index in [4.69, 9.17) is 0 Å². The molecule has 1 aromatic heterocycles. The Morgan fingerprint density at radius 2 is 1.62 bits per heavy atom. The number of halogens is 1. The lowest BCUT2D eigenvalue weighted by Gasteiger charge is -2.12. The molecular formula is C19H15BrN4O2. The summed E-state index contributed by atoms with van der Waals surface area (Å²) in [6.07, 6.45) is 2.95. The molecule has 0 radical (unpaired) electrons. The number of benzene rings is 2. The van der Waals surface area contributed by atoms with Gasteiger partial charge in [0.05, 0.1) is 16.9 Å². The van der Waals surface area contributed by atoms with Gasteiger partial charge in [-0.05, 0) is 18.2 Å². The number of rotatable bonds is 4. The zero-order chi connectivity index (χ0) is 18.5. The van der Waals surface area contributed by atoms with Crippen LogP contribution in [0.5, 0.6) is 0 Å². The van der Waals surface area contributed by atoms with Gasteiger partial charge in [0.2, 0.25) is 5.91 Å². The Morgan fingerprint density at radius 1 is 0.923 bits per heavy atom. The number of amides is 2. The molecule has 0 aliphatic rings. The first kappa shape index (κ1) is 17.8. The number of anilines is 2. The van der Waals surface area contributed by atoms with Crippen LogP contribution in [0.4, 0.5) is 11.4 Å². The van der Waals surface area contributed by atoms with Crippen molar-refractivity contribution in [3.63, 3.8) is 0 Å². The normalized spacial score (nSPS) is 10.2. The van der Waals surface area contributed by atoms with E-state index in [-0.39, 0.29) is 11.8 Å². The standard InChI is InChI=1S/C19H15BrN4O2/c1-12(25)23-16-8-7-15(20)9-17(16)24-19(26)14-10-21-18(22-11-14)13-5-3-2-4-6-13/h2-11H,1H3,(H,23,25)(H,24,26). The number of hydrogen-bond donors (Lipinski definition) is 2.